The van der Waals surface area contributed by atoms with Crippen molar-refractivity contribution >= 4 is 0 Å². The fraction of sp³-hybridized carbons (Fsp3) is 0.444. The maximum Gasteiger partial charge on any atom is 0.265 e. The van der Waals surface area contributed by atoms with Crippen LogP contribution in [0.1, 0.15) is 23.1 Å². The molecule has 0 aliphatic heterocycles. The summed E-state index contributed by atoms with van der Waals surface area (Å²) in [6.45, 7) is -0.516. The number of aliphatic hydroxyl groups excluding tert-OH is 1. The fourth-order valence-corrected chi connectivity index (χ4v) is 1.36. The van der Waals surface area contributed by atoms with Crippen molar-refractivity contribution in [2.75, 3.05) is 7.11 Å². The lowest BCUT2D eigenvalue weighted by molar-refractivity contribution is 0.149. The van der Waals surface area contributed by atoms with Gasteiger partial charge in [-0.05, 0) is 5.56 Å². The second-order valence-corrected chi connectivity index (χ2v) is 2.84. The summed E-state index contributed by atoms with van der Waals surface area (Å²) in [5, 5.41) is 9.05. The number of nitrogens with two attached hydrogens (primary N) is 1. The lowest BCUT2D eigenvalue weighted by atomic mass is 10.0. The van der Waals surface area contributed by atoms with Crippen LogP contribution in [-0.2, 0) is 13.2 Å². The highest BCUT2D eigenvalue weighted by molar-refractivity contribution is 5.40. The van der Waals surface area contributed by atoms with E-state index < -0.39 is 13.0 Å². The zero-order valence-corrected chi connectivity index (χ0v) is 8.20. The molecular weight excluding hydrogens is 206 g/mol. The van der Waals surface area contributed by atoms with Gasteiger partial charge in [0, 0.05) is 23.9 Å². The maximum atomic E-state index is 12.5. The molecule has 1 aromatic rings. The van der Waals surface area contributed by atoms with E-state index in [2.05, 4.69) is 4.98 Å². The number of aliphatic hydroxyl groups is 1. The van der Waals surface area contributed by atoms with Crippen molar-refractivity contribution in [3.63, 3.8) is 0 Å². The molecule has 4 nitrogen and oxygen atoms in total. The summed E-state index contributed by atoms with van der Waals surface area (Å²) in [6.07, 6.45) is -1.64. The van der Waals surface area contributed by atoms with Crippen molar-refractivity contribution in [1.82, 2.24) is 4.98 Å². The minimum atomic E-state index is -2.66. The SMILES string of the molecule is COc1ncc(C(F)F)c(CN)c1CO. The van der Waals surface area contributed by atoms with Crippen molar-refractivity contribution in [1.29, 1.82) is 0 Å². The van der Waals surface area contributed by atoms with E-state index in [0.29, 0.717) is 0 Å². The third-order valence-electron chi connectivity index (χ3n) is 2.08. The van der Waals surface area contributed by atoms with Crippen LogP contribution in [0.25, 0.3) is 0 Å². The second kappa shape index (κ2) is 4.99. The molecule has 84 valence electrons. The van der Waals surface area contributed by atoms with Crippen LogP contribution in [0.2, 0.25) is 0 Å². The number of hydrogen-bond donors (Lipinski definition) is 2. The van der Waals surface area contributed by atoms with Gasteiger partial charge >= 0.3 is 0 Å². The van der Waals surface area contributed by atoms with Crippen molar-refractivity contribution in [2.24, 2.45) is 5.73 Å². The van der Waals surface area contributed by atoms with Crippen LogP contribution >= 0.6 is 0 Å². The fourth-order valence-electron chi connectivity index (χ4n) is 1.36. The molecule has 6 heteroatoms. The van der Waals surface area contributed by atoms with E-state index in [9.17, 15) is 8.78 Å². The number of nitrogens with zero attached hydrogens (tertiary/aromatic N) is 1. The van der Waals surface area contributed by atoms with Crippen LogP contribution < -0.4 is 10.5 Å². The predicted octanol–water partition coefficient (Wildman–Crippen LogP) is 0.979. The monoisotopic (exact) mass is 218 g/mol. The van der Waals surface area contributed by atoms with E-state index in [1.807, 2.05) is 0 Å². The van der Waals surface area contributed by atoms with Gasteiger partial charge in [0.15, 0.2) is 0 Å². The first-order valence-corrected chi connectivity index (χ1v) is 4.29. The van der Waals surface area contributed by atoms with Gasteiger partial charge in [0.25, 0.3) is 6.43 Å². The Hall–Kier alpha value is -1.27. The number of rotatable bonds is 4. The quantitative estimate of drug-likeness (QED) is 0.790. The molecule has 0 aromatic carbocycles. The van der Waals surface area contributed by atoms with Gasteiger partial charge in [0.1, 0.15) is 0 Å². The number of halogens is 2. The number of ether oxygens (including phenoxy) is 1. The van der Waals surface area contributed by atoms with Crippen molar-refractivity contribution in [3.05, 3.63) is 22.9 Å². The van der Waals surface area contributed by atoms with Gasteiger partial charge in [-0.25, -0.2) is 13.8 Å². The molecule has 0 unspecified atom stereocenters. The van der Waals surface area contributed by atoms with Gasteiger partial charge < -0.3 is 15.6 Å². The van der Waals surface area contributed by atoms with Gasteiger partial charge in [0.05, 0.1) is 13.7 Å². The normalized spacial score (nSPS) is 10.8. The van der Waals surface area contributed by atoms with Crippen LogP contribution in [0.5, 0.6) is 5.88 Å². The van der Waals surface area contributed by atoms with Crippen LogP contribution in [0.4, 0.5) is 8.78 Å². The molecule has 1 rings (SSSR count). The zero-order valence-electron chi connectivity index (χ0n) is 8.20. The Labute approximate surface area is 85.7 Å². The first-order chi connectivity index (χ1) is 7.15. The molecule has 0 bridgehead atoms. The van der Waals surface area contributed by atoms with Crippen LogP contribution in [0.3, 0.4) is 0 Å². The third kappa shape index (κ3) is 2.21. The lowest BCUT2D eigenvalue weighted by Crippen LogP contribution is -2.09. The molecule has 0 saturated carbocycles. The third-order valence-corrected chi connectivity index (χ3v) is 2.08. The lowest BCUT2D eigenvalue weighted by Gasteiger charge is -2.13. The summed E-state index contributed by atoms with van der Waals surface area (Å²) in [5.74, 6) is 0.127. The Balaban J connectivity index is 3.34. The standard InChI is InChI=1S/C9H12F2N2O2/c1-15-9-7(4-14)5(2-12)6(3-13-9)8(10)11/h3,8,14H,2,4,12H2,1H3. The van der Waals surface area contributed by atoms with E-state index in [1.54, 1.807) is 0 Å². The summed E-state index contributed by atoms with van der Waals surface area (Å²) in [7, 11) is 1.35. The van der Waals surface area contributed by atoms with Gasteiger partial charge in [-0.15, -0.1) is 0 Å². The summed E-state index contributed by atoms with van der Waals surface area (Å²) in [4.78, 5) is 3.68. The first kappa shape index (κ1) is 11.8. The Morgan fingerprint density at radius 1 is 1.53 bits per heavy atom. The Kier molecular flexibility index (Phi) is 3.93. The van der Waals surface area contributed by atoms with Crippen LogP contribution in [0.15, 0.2) is 6.20 Å². The highest BCUT2D eigenvalue weighted by atomic mass is 19.3. The molecule has 3 N–H and O–H groups in total. The smallest absolute Gasteiger partial charge is 0.265 e. The number of methoxy groups -OCH3 is 1. The number of hydrogen-bond acceptors (Lipinski definition) is 4. The van der Waals surface area contributed by atoms with Crippen molar-refractivity contribution < 1.29 is 18.6 Å². The van der Waals surface area contributed by atoms with E-state index in [0.717, 1.165) is 6.20 Å². The maximum absolute atomic E-state index is 12.5. The molecule has 1 heterocycles. The molecule has 0 spiro atoms. The number of alkyl halides is 2. The Morgan fingerprint density at radius 3 is 2.60 bits per heavy atom. The van der Waals surface area contributed by atoms with Crippen LogP contribution in [0, 0.1) is 0 Å². The van der Waals surface area contributed by atoms with E-state index in [1.165, 1.54) is 7.11 Å². The van der Waals surface area contributed by atoms with Crippen molar-refractivity contribution in [2.45, 2.75) is 19.6 Å². The minimum Gasteiger partial charge on any atom is -0.481 e. The predicted molar refractivity (Wildman–Crippen MR) is 49.6 cm³/mol. The average molecular weight is 218 g/mol. The topological polar surface area (TPSA) is 68.4 Å². The molecule has 15 heavy (non-hydrogen) atoms. The molecule has 0 aliphatic carbocycles. The summed E-state index contributed by atoms with van der Waals surface area (Å²) in [5.41, 5.74) is 5.51. The second-order valence-electron chi connectivity index (χ2n) is 2.84. The summed E-state index contributed by atoms with van der Waals surface area (Å²) >= 11 is 0. The Morgan fingerprint density at radius 2 is 2.20 bits per heavy atom. The minimum absolute atomic E-state index is 0.0888. The zero-order chi connectivity index (χ0) is 11.4. The molecule has 0 saturated heterocycles. The van der Waals surface area contributed by atoms with Gasteiger partial charge in [-0.1, -0.05) is 0 Å². The van der Waals surface area contributed by atoms with Gasteiger partial charge in [-0.2, -0.15) is 0 Å². The highest BCUT2D eigenvalue weighted by Gasteiger charge is 2.19. The van der Waals surface area contributed by atoms with Crippen molar-refractivity contribution in [3.8, 4) is 5.88 Å². The van der Waals surface area contributed by atoms with E-state index in [4.69, 9.17) is 15.6 Å². The summed E-state index contributed by atoms with van der Waals surface area (Å²) in [6, 6.07) is 0. The highest BCUT2D eigenvalue weighted by Crippen LogP contribution is 2.29. The molecular formula is C9H12F2N2O2. The molecule has 0 atom stereocenters. The molecule has 0 aliphatic rings. The van der Waals surface area contributed by atoms with E-state index in [-0.39, 0.29) is 29.1 Å². The Bertz CT molecular complexity index is 345. The van der Waals surface area contributed by atoms with Gasteiger partial charge in [0.2, 0.25) is 5.88 Å². The average Bonchev–Trinajstić information content (AvgIpc) is 2.26. The number of aromatic nitrogens is 1. The number of pyridine rings is 1. The van der Waals surface area contributed by atoms with Gasteiger partial charge in [-0.3, -0.25) is 0 Å². The first-order valence-electron chi connectivity index (χ1n) is 4.29. The summed E-state index contributed by atoms with van der Waals surface area (Å²) < 4.78 is 29.9. The molecule has 1 aromatic heterocycles. The molecule has 0 radical (unpaired) electrons. The largest absolute Gasteiger partial charge is 0.481 e. The van der Waals surface area contributed by atoms with Crippen LogP contribution in [-0.4, -0.2) is 17.2 Å². The van der Waals surface area contributed by atoms with E-state index >= 15 is 0 Å². The molecule has 0 fully saturated rings. The molecule has 0 amide bonds.